The molecule has 0 aliphatic rings. The Balaban J connectivity index is 2.71. The molecular formula is C9H9OSi3. The highest BCUT2D eigenvalue weighted by atomic mass is 29.5. The van der Waals surface area contributed by atoms with Crippen molar-refractivity contribution in [2.24, 2.45) is 0 Å². The Morgan fingerprint density at radius 3 is 2.92 bits per heavy atom. The fourth-order valence-corrected chi connectivity index (χ4v) is 2.31. The van der Waals surface area contributed by atoms with Crippen molar-refractivity contribution in [3.05, 3.63) is 42.5 Å². The largest absolute Gasteiger partial charge is 0.545 e. The van der Waals surface area contributed by atoms with Crippen molar-refractivity contribution in [2.45, 2.75) is 6.42 Å². The average Bonchev–Trinajstić information content (AvgIpc) is 2.17. The molecule has 0 heterocycles. The lowest BCUT2D eigenvalue weighted by Gasteiger charge is -2.08. The summed E-state index contributed by atoms with van der Waals surface area (Å²) in [5.74, 6) is 0.978. The standard InChI is InChI=1S/C9H9OSi3/c1-2-5-8-6-3-4-7-9(8)10-12-13-11/h2-4,6-7H,1,5H2. The van der Waals surface area contributed by atoms with E-state index in [-0.39, 0.29) is 0 Å². The zero-order valence-corrected chi connectivity index (χ0v) is 10.2. The van der Waals surface area contributed by atoms with Gasteiger partial charge in [-0.25, -0.2) is 0 Å². The quantitative estimate of drug-likeness (QED) is 0.530. The minimum atomic E-state index is 0.500. The van der Waals surface area contributed by atoms with Gasteiger partial charge in [0, 0.05) is 9.76 Å². The van der Waals surface area contributed by atoms with E-state index < -0.39 is 0 Å². The summed E-state index contributed by atoms with van der Waals surface area (Å²) in [4.78, 5) is 0. The normalized spacial score (nSPS) is 9.62. The van der Waals surface area contributed by atoms with Gasteiger partial charge in [-0.3, -0.25) is 0 Å². The third-order valence-electron chi connectivity index (χ3n) is 1.55. The topological polar surface area (TPSA) is 9.23 Å². The summed E-state index contributed by atoms with van der Waals surface area (Å²) in [6.45, 7) is 3.72. The first-order chi connectivity index (χ1) is 6.38. The summed E-state index contributed by atoms with van der Waals surface area (Å²) in [7, 11) is 4.58. The van der Waals surface area contributed by atoms with Gasteiger partial charge in [0.1, 0.15) is 5.75 Å². The molecule has 0 spiro atoms. The van der Waals surface area contributed by atoms with Crippen LogP contribution in [0, 0.1) is 0 Å². The molecule has 1 aromatic carbocycles. The Kier molecular flexibility index (Phi) is 4.81. The van der Waals surface area contributed by atoms with Crippen molar-refractivity contribution in [3.63, 3.8) is 0 Å². The Hall–Kier alpha value is -0.589. The maximum absolute atomic E-state index is 5.58. The van der Waals surface area contributed by atoms with Crippen LogP contribution in [0.5, 0.6) is 5.75 Å². The van der Waals surface area contributed by atoms with Crippen LogP contribution in [-0.4, -0.2) is 27.6 Å². The summed E-state index contributed by atoms with van der Waals surface area (Å²) >= 11 is 0. The monoisotopic (exact) mass is 217 g/mol. The molecule has 0 aliphatic carbocycles. The second kappa shape index (κ2) is 5.96. The Morgan fingerprint density at radius 1 is 1.46 bits per heavy atom. The second-order valence-corrected chi connectivity index (χ2v) is 6.70. The SMILES string of the molecule is C=CCc1ccccc1O[Si][Si][Si]. The van der Waals surface area contributed by atoms with E-state index in [1.54, 1.807) is 0 Å². The molecule has 0 atom stereocenters. The molecule has 1 rings (SSSR count). The first-order valence-corrected chi connectivity index (χ1v) is 8.31. The van der Waals surface area contributed by atoms with Crippen molar-refractivity contribution in [1.29, 1.82) is 0 Å². The number of para-hydroxylation sites is 1. The van der Waals surface area contributed by atoms with Crippen molar-refractivity contribution < 1.29 is 4.43 Å². The van der Waals surface area contributed by atoms with Crippen molar-refractivity contribution >= 4 is 27.6 Å². The highest BCUT2D eigenvalue weighted by molar-refractivity contribution is 7.22. The number of hydrogen-bond acceptors (Lipinski definition) is 1. The molecule has 0 aromatic heterocycles. The van der Waals surface area contributed by atoms with Crippen molar-refractivity contribution in [1.82, 2.24) is 0 Å². The van der Waals surface area contributed by atoms with Crippen LogP contribution < -0.4 is 4.43 Å². The predicted octanol–water partition coefficient (Wildman–Crippen LogP) is 1.12. The van der Waals surface area contributed by atoms with Crippen LogP contribution in [0.4, 0.5) is 0 Å². The summed E-state index contributed by atoms with van der Waals surface area (Å²) in [6, 6.07) is 8.07. The zero-order chi connectivity index (χ0) is 9.52. The molecule has 1 nitrogen and oxygen atoms in total. The maximum Gasteiger partial charge on any atom is 0.278 e. The summed E-state index contributed by atoms with van der Waals surface area (Å²) in [5.41, 5.74) is 1.20. The van der Waals surface area contributed by atoms with Gasteiger partial charge in [0.15, 0.2) is 0 Å². The number of hydrogen-bond donors (Lipinski definition) is 0. The number of benzene rings is 1. The third kappa shape index (κ3) is 3.33. The fraction of sp³-hybridized carbons (Fsp3) is 0.111. The Bertz CT molecular complexity index is 275. The summed E-state index contributed by atoms with van der Waals surface area (Å²) in [6.07, 6.45) is 2.76. The molecule has 0 amide bonds. The van der Waals surface area contributed by atoms with Crippen LogP contribution in [0.1, 0.15) is 5.56 Å². The third-order valence-corrected chi connectivity index (χ3v) is 3.50. The van der Waals surface area contributed by atoms with Gasteiger partial charge < -0.3 is 4.43 Å². The van der Waals surface area contributed by atoms with Gasteiger partial charge in [0.05, 0.1) is 8.55 Å². The van der Waals surface area contributed by atoms with E-state index in [4.69, 9.17) is 4.43 Å². The van der Waals surface area contributed by atoms with Crippen LogP contribution in [-0.2, 0) is 6.42 Å². The van der Waals surface area contributed by atoms with Crippen LogP contribution >= 0.6 is 0 Å². The highest BCUT2D eigenvalue weighted by Gasteiger charge is 2.00. The molecule has 0 saturated heterocycles. The van der Waals surface area contributed by atoms with Gasteiger partial charge in [0.2, 0.25) is 0 Å². The molecule has 0 bridgehead atoms. The van der Waals surface area contributed by atoms with Crippen LogP contribution in [0.15, 0.2) is 36.9 Å². The van der Waals surface area contributed by atoms with Gasteiger partial charge in [-0.15, -0.1) is 6.58 Å². The molecular weight excluding hydrogens is 208 g/mol. The van der Waals surface area contributed by atoms with Crippen molar-refractivity contribution in [3.8, 4) is 5.75 Å². The van der Waals surface area contributed by atoms with E-state index in [2.05, 4.69) is 22.4 Å². The van der Waals surface area contributed by atoms with Gasteiger partial charge in [-0.2, -0.15) is 0 Å². The van der Waals surface area contributed by atoms with Crippen LogP contribution in [0.25, 0.3) is 0 Å². The maximum atomic E-state index is 5.58. The first kappa shape index (κ1) is 10.5. The lowest BCUT2D eigenvalue weighted by atomic mass is 10.1. The molecule has 1 aromatic rings. The van der Waals surface area contributed by atoms with Crippen molar-refractivity contribution in [2.75, 3.05) is 0 Å². The predicted molar refractivity (Wildman–Crippen MR) is 58.2 cm³/mol. The molecule has 7 radical (unpaired) electrons. The molecule has 63 valence electrons. The molecule has 0 saturated carbocycles. The second-order valence-electron chi connectivity index (χ2n) is 2.43. The molecule has 0 unspecified atom stereocenters. The lowest BCUT2D eigenvalue weighted by Crippen LogP contribution is -2.12. The minimum Gasteiger partial charge on any atom is -0.545 e. The van der Waals surface area contributed by atoms with Gasteiger partial charge in [-0.05, 0) is 18.1 Å². The fourth-order valence-electron chi connectivity index (χ4n) is 1.01. The molecule has 0 N–H and O–H groups in total. The van der Waals surface area contributed by atoms with E-state index in [9.17, 15) is 0 Å². The van der Waals surface area contributed by atoms with E-state index in [1.807, 2.05) is 24.3 Å². The highest BCUT2D eigenvalue weighted by Crippen LogP contribution is 2.17. The zero-order valence-electron chi connectivity index (χ0n) is 7.21. The molecule has 4 heteroatoms. The van der Waals surface area contributed by atoms with Gasteiger partial charge in [0.25, 0.3) is 9.28 Å². The Morgan fingerprint density at radius 2 is 2.23 bits per heavy atom. The van der Waals surface area contributed by atoms with Crippen LogP contribution in [0.3, 0.4) is 0 Å². The summed E-state index contributed by atoms with van der Waals surface area (Å²) in [5, 5.41) is 0. The minimum absolute atomic E-state index is 0.500. The first-order valence-electron chi connectivity index (χ1n) is 3.91. The molecule has 13 heavy (non-hydrogen) atoms. The summed E-state index contributed by atoms with van der Waals surface area (Å²) < 4.78 is 5.58. The van der Waals surface area contributed by atoms with E-state index in [0.29, 0.717) is 17.8 Å². The van der Waals surface area contributed by atoms with Gasteiger partial charge in [-0.1, -0.05) is 24.3 Å². The number of allylic oxidation sites excluding steroid dienone is 1. The molecule has 0 fully saturated rings. The van der Waals surface area contributed by atoms with E-state index in [0.717, 1.165) is 12.2 Å². The Labute approximate surface area is 87.0 Å². The van der Waals surface area contributed by atoms with E-state index >= 15 is 0 Å². The van der Waals surface area contributed by atoms with Crippen LogP contribution in [0.2, 0.25) is 0 Å². The smallest absolute Gasteiger partial charge is 0.278 e. The van der Waals surface area contributed by atoms with E-state index in [1.165, 1.54) is 5.56 Å². The average molecular weight is 217 g/mol. The molecule has 0 aliphatic heterocycles. The lowest BCUT2D eigenvalue weighted by molar-refractivity contribution is 0.602. The number of rotatable bonds is 5. The van der Waals surface area contributed by atoms with Gasteiger partial charge >= 0.3 is 0 Å².